The van der Waals surface area contributed by atoms with Gasteiger partial charge in [0.25, 0.3) is 0 Å². The van der Waals surface area contributed by atoms with Crippen LogP contribution in [0.1, 0.15) is 17.4 Å². The third-order valence-electron chi connectivity index (χ3n) is 2.27. The first kappa shape index (κ1) is 12.2. The predicted octanol–water partition coefficient (Wildman–Crippen LogP) is 3.70. The summed E-state index contributed by atoms with van der Waals surface area (Å²) >= 11 is 7.52. The quantitative estimate of drug-likeness (QED) is 0.862. The summed E-state index contributed by atoms with van der Waals surface area (Å²) in [4.78, 5) is 15.9. The second kappa shape index (κ2) is 4.94. The van der Waals surface area contributed by atoms with Gasteiger partial charge in [0.2, 0.25) is 0 Å². The molecule has 0 saturated heterocycles. The number of rotatable bonds is 3. The lowest BCUT2D eigenvalue weighted by atomic mass is 10.2. The van der Waals surface area contributed by atoms with Crippen molar-refractivity contribution in [1.29, 1.82) is 0 Å². The number of carboxylic acid groups (broad SMARTS) is 1. The number of benzene rings is 1. The molecule has 0 unspecified atom stereocenters. The van der Waals surface area contributed by atoms with Gasteiger partial charge in [-0.15, -0.1) is 11.8 Å². The molecule has 0 bridgehead atoms. The molecule has 0 amide bonds. The molecule has 2 rings (SSSR count). The average molecular weight is 268 g/mol. The third-order valence-corrected chi connectivity index (χ3v) is 3.51. The Bertz CT molecular complexity index is 586. The van der Waals surface area contributed by atoms with Gasteiger partial charge in [-0.25, -0.2) is 9.78 Å². The summed E-state index contributed by atoms with van der Waals surface area (Å²) in [5.74, 6) is -0.222. The minimum absolute atomic E-state index is 0.0895. The van der Waals surface area contributed by atoms with E-state index in [2.05, 4.69) is 4.98 Å². The van der Waals surface area contributed by atoms with Crippen molar-refractivity contribution in [1.82, 2.24) is 4.98 Å². The number of nitrogens with zero attached hydrogens (tertiary/aromatic N) is 1. The molecule has 17 heavy (non-hydrogen) atoms. The molecular weight excluding hydrogens is 258 g/mol. The number of carboxylic acids is 1. The fraction of sp³-hybridized carbons (Fsp3) is 0.167. The van der Waals surface area contributed by atoms with Crippen LogP contribution in [0.25, 0.3) is 10.9 Å². The Hall–Kier alpha value is -1.26. The highest BCUT2D eigenvalue weighted by Crippen LogP contribution is 2.29. The summed E-state index contributed by atoms with van der Waals surface area (Å²) in [6.45, 7) is 1.97. The first-order valence-electron chi connectivity index (χ1n) is 5.09. The Morgan fingerprint density at radius 2 is 2.29 bits per heavy atom. The van der Waals surface area contributed by atoms with Crippen molar-refractivity contribution in [2.75, 3.05) is 5.75 Å². The summed E-state index contributed by atoms with van der Waals surface area (Å²) in [5.41, 5.74) is 0.696. The minimum atomic E-state index is -1.01. The van der Waals surface area contributed by atoms with E-state index in [4.69, 9.17) is 16.7 Å². The van der Waals surface area contributed by atoms with Crippen molar-refractivity contribution in [3.63, 3.8) is 0 Å². The zero-order chi connectivity index (χ0) is 12.4. The van der Waals surface area contributed by atoms with Crippen LogP contribution in [0.5, 0.6) is 0 Å². The van der Waals surface area contributed by atoms with Crippen molar-refractivity contribution >= 4 is 40.2 Å². The SMILES string of the molecule is CCSc1cc2c(Cl)cccc2nc1C(=O)O. The molecule has 2 aromatic rings. The maximum absolute atomic E-state index is 11.1. The number of pyridine rings is 1. The molecule has 0 spiro atoms. The Morgan fingerprint density at radius 3 is 2.94 bits per heavy atom. The average Bonchev–Trinajstić information content (AvgIpc) is 2.29. The molecule has 3 nitrogen and oxygen atoms in total. The number of halogens is 1. The van der Waals surface area contributed by atoms with Crippen LogP contribution in [-0.4, -0.2) is 21.8 Å². The summed E-state index contributed by atoms with van der Waals surface area (Å²) in [5, 5.41) is 10.5. The Kier molecular flexibility index (Phi) is 3.54. The number of fused-ring (bicyclic) bond motifs is 1. The summed E-state index contributed by atoms with van der Waals surface area (Å²) in [6, 6.07) is 7.08. The molecule has 0 saturated carbocycles. The molecule has 1 heterocycles. The van der Waals surface area contributed by atoms with E-state index in [9.17, 15) is 4.79 Å². The summed E-state index contributed by atoms with van der Waals surface area (Å²) < 4.78 is 0. The van der Waals surface area contributed by atoms with Crippen LogP contribution >= 0.6 is 23.4 Å². The van der Waals surface area contributed by atoms with Gasteiger partial charge in [-0.3, -0.25) is 0 Å². The Labute approximate surface area is 108 Å². The predicted molar refractivity (Wildman–Crippen MR) is 70.1 cm³/mol. The third kappa shape index (κ3) is 2.37. The molecule has 0 aliphatic carbocycles. The standard InChI is InChI=1S/C12H10ClNO2S/c1-2-17-10-6-7-8(13)4-3-5-9(7)14-11(10)12(15)16/h3-6H,2H2,1H3,(H,15,16). The van der Waals surface area contributed by atoms with E-state index in [0.29, 0.717) is 15.4 Å². The van der Waals surface area contributed by atoms with Crippen molar-refractivity contribution in [2.24, 2.45) is 0 Å². The van der Waals surface area contributed by atoms with E-state index in [0.717, 1.165) is 11.1 Å². The van der Waals surface area contributed by atoms with Crippen LogP contribution in [0.3, 0.4) is 0 Å². The Balaban J connectivity index is 2.72. The molecule has 0 atom stereocenters. The summed E-state index contributed by atoms with van der Waals surface area (Å²) in [7, 11) is 0. The van der Waals surface area contributed by atoms with Gasteiger partial charge in [0.15, 0.2) is 5.69 Å². The highest BCUT2D eigenvalue weighted by atomic mass is 35.5. The minimum Gasteiger partial charge on any atom is -0.476 e. The first-order chi connectivity index (χ1) is 8.13. The van der Waals surface area contributed by atoms with Crippen LogP contribution in [0, 0.1) is 0 Å². The Morgan fingerprint density at radius 1 is 1.53 bits per heavy atom. The van der Waals surface area contributed by atoms with Crippen LogP contribution in [0.15, 0.2) is 29.2 Å². The van der Waals surface area contributed by atoms with E-state index in [1.165, 1.54) is 11.8 Å². The second-order valence-electron chi connectivity index (χ2n) is 3.38. The molecule has 0 aliphatic rings. The van der Waals surface area contributed by atoms with Gasteiger partial charge in [-0.2, -0.15) is 0 Å². The van der Waals surface area contributed by atoms with Crippen LogP contribution in [0.2, 0.25) is 5.02 Å². The zero-order valence-electron chi connectivity index (χ0n) is 9.11. The normalized spacial score (nSPS) is 10.7. The first-order valence-corrected chi connectivity index (χ1v) is 6.45. The van der Waals surface area contributed by atoms with Gasteiger partial charge >= 0.3 is 5.97 Å². The maximum Gasteiger partial charge on any atom is 0.355 e. The van der Waals surface area contributed by atoms with Gasteiger partial charge < -0.3 is 5.11 Å². The van der Waals surface area contributed by atoms with E-state index < -0.39 is 5.97 Å². The molecule has 88 valence electrons. The lowest BCUT2D eigenvalue weighted by molar-refractivity contribution is 0.0687. The maximum atomic E-state index is 11.1. The summed E-state index contributed by atoms with van der Waals surface area (Å²) in [6.07, 6.45) is 0. The van der Waals surface area contributed by atoms with E-state index in [1.54, 1.807) is 24.3 Å². The molecule has 0 radical (unpaired) electrons. The molecule has 0 aliphatic heterocycles. The lowest BCUT2D eigenvalue weighted by Gasteiger charge is -2.07. The number of aromatic carboxylic acids is 1. The monoisotopic (exact) mass is 267 g/mol. The van der Waals surface area contributed by atoms with Crippen LogP contribution in [-0.2, 0) is 0 Å². The van der Waals surface area contributed by atoms with Crippen LogP contribution < -0.4 is 0 Å². The molecular formula is C12H10ClNO2S. The van der Waals surface area contributed by atoms with Crippen molar-refractivity contribution in [2.45, 2.75) is 11.8 Å². The van der Waals surface area contributed by atoms with Crippen LogP contribution in [0.4, 0.5) is 0 Å². The fourth-order valence-electron chi connectivity index (χ4n) is 1.56. The largest absolute Gasteiger partial charge is 0.476 e. The highest BCUT2D eigenvalue weighted by molar-refractivity contribution is 7.99. The zero-order valence-corrected chi connectivity index (χ0v) is 10.7. The molecule has 1 aromatic carbocycles. The van der Waals surface area contributed by atoms with Crippen molar-refractivity contribution < 1.29 is 9.90 Å². The molecule has 1 aromatic heterocycles. The number of hydrogen-bond donors (Lipinski definition) is 1. The van der Waals surface area contributed by atoms with E-state index in [1.807, 2.05) is 6.92 Å². The second-order valence-corrected chi connectivity index (χ2v) is 5.09. The molecule has 5 heteroatoms. The van der Waals surface area contributed by atoms with Gasteiger partial charge in [0.1, 0.15) is 0 Å². The number of carbonyl (C=O) groups is 1. The number of hydrogen-bond acceptors (Lipinski definition) is 3. The van der Waals surface area contributed by atoms with Crippen molar-refractivity contribution in [3.8, 4) is 0 Å². The number of aromatic nitrogens is 1. The van der Waals surface area contributed by atoms with Gasteiger partial charge in [-0.05, 0) is 24.0 Å². The molecule has 1 N–H and O–H groups in total. The lowest BCUT2D eigenvalue weighted by Crippen LogP contribution is -2.03. The van der Waals surface area contributed by atoms with Crippen molar-refractivity contribution in [3.05, 3.63) is 35.0 Å². The van der Waals surface area contributed by atoms with Gasteiger partial charge in [0.05, 0.1) is 5.52 Å². The van der Waals surface area contributed by atoms with Gasteiger partial charge in [0, 0.05) is 15.3 Å². The smallest absolute Gasteiger partial charge is 0.355 e. The van der Waals surface area contributed by atoms with E-state index >= 15 is 0 Å². The van der Waals surface area contributed by atoms with Gasteiger partial charge in [-0.1, -0.05) is 24.6 Å². The van der Waals surface area contributed by atoms with E-state index in [-0.39, 0.29) is 5.69 Å². The molecule has 0 fully saturated rings. The fourth-order valence-corrected chi connectivity index (χ4v) is 2.57. The highest BCUT2D eigenvalue weighted by Gasteiger charge is 2.14. The number of thioether (sulfide) groups is 1. The topological polar surface area (TPSA) is 50.2 Å².